The van der Waals surface area contributed by atoms with Crippen LogP contribution >= 0.6 is 0 Å². The molecule has 0 atom stereocenters. The third-order valence-electron chi connectivity index (χ3n) is 3.73. The van der Waals surface area contributed by atoms with Crippen LogP contribution in [0, 0.1) is 0 Å². The van der Waals surface area contributed by atoms with Gasteiger partial charge in [0.25, 0.3) is 0 Å². The fourth-order valence-corrected chi connectivity index (χ4v) is 2.41. The summed E-state index contributed by atoms with van der Waals surface area (Å²) in [5, 5.41) is 0. The highest BCUT2D eigenvalue weighted by molar-refractivity contribution is 5.86. The van der Waals surface area contributed by atoms with Crippen molar-refractivity contribution in [2.45, 2.75) is 38.0 Å². The predicted octanol–water partition coefficient (Wildman–Crippen LogP) is 3.02. The summed E-state index contributed by atoms with van der Waals surface area (Å²) in [5.41, 5.74) is 1.80. The number of benzene rings is 1. The maximum absolute atomic E-state index is 11.9. The molecule has 1 aromatic rings. The lowest BCUT2D eigenvalue weighted by Gasteiger charge is -2.18. The first-order valence-electron chi connectivity index (χ1n) is 6.32. The van der Waals surface area contributed by atoms with Gasteiger partial charge in [-0.25, -0.2) is 0 Å². The second-order valence-corrected chi connectivity index (χ2v) is 5.19. The van der Waals surface area contributed by atoms with Crippen LogP contribution in [0.3, 0.4) is 0 Å². The monoisotopic (exact) mass is 248 g/mol. The molecule has 1 fully saturated rings. The normalized spacial score (nSPS) is 16.5. The number of hydrogen-bond acceptors (Lipinski definition) is 3. The van der Waals surface area contributed by atoms with E-state index in [-0.39, 0.29) is 5.97 Å². The van der Waals surface area contributed by atoms with E-state index < -0.39 is 5.41 Å². The molecular weight excluding hydrogens is 228 g/mol. The Kier molecular flexibility index (Phi) is 3.33. The van der Waals surface area contributed by atoms with Crippen molar-refractivity contribution < 1.29 is 14.3 Å². The molecular formula is C15H20O3. The average Bonchev–Trinajstić information content (AvgIpc) is 3.18. The Morgan fingerprint density at radius 2 is 1.94 bits per heavy atom. The quantitative estimate of drug-likeness (QED) is 0.768. The minimum Gasteiger partial charge on any atom is -0.496 e. The van der Waals surface area contributed by atoms with Crippen LogP contribution in [-0.4, -0.2) is 20.2 Å². The summed E-state index contributed by atoms with van der Waals surface area (Å²) in [5.74, 6) is 1.13. The third kappa shape index (κ3) is 1.98. The lowest BCUT2D eigenvalue weighted by Crippen LogP contribution is -2.22. The standard InChI is InChI=1S/C15H20O3/c1-10(2)12-9-11(5-6-13(12)17-3)15(7-8-15)14(16)18-4/h5-6,9-10H,7-8H2,1-4H3. The Morgan fingerprint density at radius 1 is 1.28 bits per heavy atom. The van der Waals surface area contributed by atoms with Crippen molar-refractivity contribution in [2.75, 3.05) is 14.2 Å². The molecule has 0 heterocycles. The van der Waals surface area contributed by atoms with Gasteiger partial charge in [-0.2, -0.15) is 0 Å². The summed E-state index contributed by atoms with van der Waals surface area (Å²) in [4.78, 5) is 11.9. The van der Waals surface area contributed by atoms with E-state index in [4.69, 9.17) is 9.47 Å². The third-order valence-corrected chi connectivity index (χ3v) is 3.73. The molecule has 1 aliphatic carbocycles. The fourth-order valence-electron chi connectivity index (χ4n) is 2.41. The van der Waals surface area contributed by atoms with Gasteiger partial charge in [0.15, 0.2) is 0 Å². The maximum atomic E-state index is 11.9. The molecule has 1 aromatic carbocycles. The van der Waals surface area contributed by atoms with Gasteiger partial charge in [-0.15, -0.1) is 0 Å². The van der Waals surface area contributed by atoms with Gasteiger partial charge in [-0.1, -0.05) is 26.0 Å². The van der Waals surface area contributed by atoms with Gasteiger partial charge in [0.1, 0.15) is 5.75 Å². The van der Waals surface area contributed by atoms with E-state index in [0.29, 0.717) is 5.92 Å². The smallest absolute Gasteiger partial charge is 0.316 e. The molecule has 1 aliphatic rings. The summed E-state index contributed by atoms with van der Waals surface area (Å²) in [6.45, 7) is 4.25. The number of rotatable bonds is 4. The van der Waals surface area contributed by atoms with Gasteiger partial charge in [0.05, 0.1) is 19.6 Å². The molecule has 2 rings (SSSR count). The summed E-state index contributed by atoms with van der Waals surface area (Å²) < 4.78 is 10.3. The zero-order valence-corrected chi connectivity index (χ0v) is 11.4. The predicted molar refractivity (Wildman–Crippen MR) is 70.0 cm³/mol. The van der Waals surface area contributed by atoms with Gasteiger partial charge in [-0.05, 0) is 36.0 Å². The molecule has 0 spiro atoms. The molecule has 0 aliphatic heterocycles. The topological polar surface area (TPSA) is 35.5 Å². The van der Waals surface area contributed by atoms with Crippen molar-refractivity contribution in [3.8, 4) is 5.75 Å². The Morgan fingerprint density at radius 3 is 2.39 bits per heavy atom. The van der Waals surface area contributed by atoms with Crippen molar-refractivity contribution in [3.05, 3.63) is 29.3 Å². The highest BCUT2D eigenvalue weighted by Crippen LogP contribution is 2.50. The summed E-state index contributed by atoms with van der Waals surface area (Å²) in [7, 11) is 3.13. The van der Waals surface area contributed by atoms with Crippen LogP contribution in [0.25, 0.3) is 0 Å². The number of carbonyl (C=O) groups is 1. The van der Waals surface area contributed by atoms with E-state index >= 15 is 0 Å². The molecule has 3 heteroatoms. The van der Waals surface area contributed by atoms with Gasteiger partial charge < -0.3 is 9.47 Å². The first-order chi connectivity index (χ1) is 8.55. The van der Waals surface area contributed by atoms with E-state index in [0.717, 1.165) is 29.7 Å². The second kappa shape index (κ2) is 4.63. The molecule has 0 amide bonds. The number of methoxy groups -OCH3 is 2. The number of esters is 1. The average molecular weight is 248 g/mol. The maximum Gasteiger partial charge on any atom is 0.316 e. The number of hydrogen-bond donors (Lipinski definition) is 0. The van der Waals surface area contributed by atoms with Crippen LogP contribution in [0.4, 0.5) is 0 Å². The van der Waals surface area contributed by atoms with Crippen molar-refractivity contribution in [2.24, 2.45) is 0 Å². The van der Waals surface area contributed by atoms with E-state index in [1.165, 1.54) is 7.11 Å². The largest absolute Gasteiger partial charge is 0.496 e. The molecule has 0 N–H and O–H groups in total. The SMILES string of the molecule is COC(=O)C1(c2ccc(OC)c(C(C)C)c2)CC1. The minimum absolute atomic E-state index is 0.123. The Bertz CT molecular complexity index is 459. The second-order valence-electron chi connectivity index (χ2n) is 5.19. The molecule has 0 radical (unpaired) electrons. The lowest BCUT2D eigenvalue weighted by atomic mass is 9.91. The highest BCUT2D eigenvalue weighted by atomic mass is 16.5. The molecule has 98 valence electrons. The van der Waals surface area contributed by atoms with Gasteiger partial charge >= 0.3 is 5.97 Å². The van der Waals surface area contributed by atoms with Crippen LogP contribution in [0.5, 0.6) is 5.75 Å². The Balaban J connectivity index is 2.42. The van der Waals surface area contributed by atoms with Gasteiger partial charge in [-0.3, -0.25) is 4.79 Å². The van der Waals surface area contributed by atoms with Crippen LogP contribution in [0.2, 0.25) is 0 Å². The summed E-state index contributed by atoms with van der Waals surface area (Å²) in [6, 6.07) is 6.02. The molecule has 3 nitrogen and oxygen atoms in total. The van der Waals surface area contributed by atoms with Crippen molar-refractivity contribution >= 4 is 5.97 Å². The van der Waals surface area contributed by atoms with Crippen LogP contribution in [-0.2, 0) is 14.9 Å². The molecule has 0 unspecified atom stereocenters. The lowest BCUT2D eigenvalue weighted by molar-refractivity contribution is -0.143. The van der Waals surface area contributed by atoms with Crippen molar-refractivity contribution in [3.63, 3.8) is 0 Å². The van der Waals surface area contributed by atoms with E-state index in [1.807, 2.05) is 12.1 Å². The summed E-state index contributed by atoms with van der Waals surface area (Å²) >= 11 is 0. The van der Waals surface area contributed by atoms with Crippen LogP contribution in [0.15, 0.2) is 18.2 Å². The minimum atomic E-state index is -0.398. The summed E-state index contributed by atoms with van der Waals surface area (Å²) in [6.07, 6.45) is 1.76. The fraction of sp³-hybridized carbons (Fsp3) is 0.533. The molecule has 18 heavy (non-hydrogen) atoms. The van der Waals surface area contributed by atoms with E-state index in [9.17, 15) is 4.79 Å². The van der Waals surface area contributed by atoms with E-state index in [1.54, 1.807) is 7.11 Å². The van der Waals surface area contributed by atoms with E-state index in [2.05, 4.69) is 19.9 Å². The molecule has 0 saturated heterocycles. The zero-order valence-electron chi connectivity index (χ0n) is 11.4. The highest BCUT2D eigenvalue weighted by Gasteiger charge is 2.52. The molecule has 0 bridgehead atoms. The van der Waals surface area contributed by atoms with Gasteiger partial charge in [0, 0.05) is 0 Å². The van der Waals surface area contributed by atoms with Crippen LogP contribution < -0.4 is 4.74 Å². The Labute approximate surface area is 108 Å². The molecule has 0 aromatic heterocycles. The van der Waals surface area contributed by atoms with Gasteiger partial charge in [0.2, 0.25) is 0 Å². The van der Waals surface area contributed by atoms with Crippen molar-refractivity contribution in [1.82, 2.24) is 0 Å². The first-order valence-corrected chi connectivity index (χ1v) is 6.32. The van der Waals surface area contributed by atoms with Crippen LogP contribution in [0.1, 0.15) is 43.7 Å². The first kappa shape index (κ1) is 12.9. The zero-order chi connectivity index (χ0) is 13.3. The number of ether oxygens (including phenoxy) is 2. The number of carbonyl (C=O) groups excluding carboxylic acids is 1. The molecule has 1 saturated carbocycles. The Hall–Kier alpha value is -1.51. The van der Waals surface area contributed by atoms with Crippen molar-refractivity contribution in [1.29, 1.82) is 0 Å².